The molecule has 1 heterocycles. The fourth-order valence-corrected chi connectivity index (χ4v) is 3.39. The van der Waals surface area contributed by atoms with Gasteiger partial charge in [-0.2, -0.15) is 5.10 Å². The molecule has 7 nitrogen and oxygen atoms in total. The van der Waals surface area contributed by atoms with Gasteiger partial charge in [0.2, 0.25) is 0 Å². The molecular formula is C25H30N4O3. The lowest BCUT2D eigenvalue weighted by Gasteiger charge is -2.18. The monoisotopic (exact) mass is 434 g/mol. The SMILES string of the molecule is COCCN(C)C(=O)c1cc(-c2ccc(C)cc2)cc(-n2nc(C(=O)N(C)C)cc2C)c1. The number of carbonyl (C=O) groups excluding carboxylic acids is 2. The molecule has 0 saturated heterocycles. The minimum Gasteiger partial charge on any atom is -0.383 e. The number of likely N-dealkylation sites (N-methyl/N-ethyl adjacent to an activating group) is 1. The van der Waals surface area contributed by atoms with Crippen molar-refractivity contribution in [2.75, 3.05) is 41.4 Å². The predicted molar refractivity (Wildman–Crippen MR) is 125 cm³/mol. The van der Waals surface area contributed by atoms with Gasteiger partial charge in [0.15, 0.2) is 5.69 Å². The van der Waals surface area contributed by atoms with E-state index in [4.69, 9.17) is 4.74 Å². The molecule has 3 aromatic rings. The van der Waals surface area contributed by atoms with E-state index in [0.29, 0.717) is 24.4 Å². The second-order valence-electron chi connectivity index (χ2n) is 8.14. The molecular weight excluding hydrogens is 404 g/mol. The Labute approximate surface area is 189 Å². The van der Waals surface area contributed by atoms with Crippen molar-refractivity contribution in [1.29, 1.82) is 0 Å². The Kier molecular flexibility index (Phi) is 7.10. The van der Waals surface area contributed by atoms with Crippen molar-refractivity contribution >= 4 is 11.8 Å². The topological polar surface area (TPSA) is 67.7 Å². The molecule has 32 heavy (non-hydrogen) atoms. The van der Waals surface area contributed by atoms with Crippen LogP contribution in [0.5, 0.6) is 0 Å². The first-order chi connectivity index (χ1) is 15.2. The predicted octanol–water partition coefficient (Wildman–Crippen LogP) is 3.58. The lowest BCUT2D eigenvalue weighted by Crippen LogP contribution is -2.30. The van der Waals surface area contributed by atoms with Gasteiger partial charge in [-0.3, -0.25) is 9.59 Å². The van der Waals surface area contributed by atoms with Crippen LogP contribution in [-0.2, 0) is 4.74 Å². The van der Waals surface area contributed by atoms with Gasteiger partial charge in [0, 0.05) is 46.1 Å². The number of amides is 2. The normalized spacial score (nSPS) is 10.8. The lowest BCUT2D eigenvalue weighted by atomic mass is 10.0. The van der Waals surface area contributed by atoms with Gasteiger partial charge in [0.05, 0.1) is 12.3 Å². The van der Waals surface area contributed by atoms with Crippen LogP contribution in [0.3, 0.4) is 0 Å². The molecule has 2 aromatic carbocycles. The van der Waals surface area contributed by atoms with Crippen LogP contribution in [0.2, 0.25) is 0 Å². The summed E-state index contributed by atoms with van der Waals surface area (Å²) in [6, 6.07) is 15.6. The van der Waals surface area contributed by atoms with Crippen LogP contribution in [0.4, 0.5) is 0 Å². The molecule has 0 unspecified atom stereocenters. The van der Waals surface area contributed by atoms with E-state index in [0.717, 1.165) is 28.1 Å². The molecule has 1 aromatic heterocycles. The summed E-state index contributed by atoms with van der Waals surface area (Å²) in [5, 5.41) is 4.53. The van der Waals surface area contributed by atoms with Crippen molar-refractivity contribution < 1.29 is 14.3 Å². The summed E-state index contributed by atoms with van der Waals surface area (Å²) >= 11 is 0. The lowest BCUT2D eigenvalue weighted by molar-refractivity contribution is 0.0743. The van der Waals surface area contributed by atoms with Crippen LogP contribution < -0.4 is 0 Å². The summed E-state index contributed by atoms with van der Waals surface area (Å²) in [6.07, 6.45) is 0. The van der Waals surface area contributed by atoms with Crippen molar-refractivity contribution in [1.82, 2.24) is 19.6 Å². The first-order valence-electron chi connectivity index (χ1n) is 10.5. The fourth-order valence-electron chi connectivity index (χ4n) is 3.39. The molecule has 168 valence electrons. The molecule has 2 amide bonds. The molecule has 7 heteroatoms. The van der Waals surface area contributed by atoms with E-state index in [1.807, 2.05) is 56.3 Å². The zero-order valence-corrected chi connectivity index (χ0v) is 19.5. The van der Waals surface area contributed by atoms with Gasteiger partial charge in [0.1, 0.15) is 0 Å². The van der Waals surface area contributed by atoms with E-state index in [1.165, 1.54) is 4.90 Å². The highest BCUT2D eigenvalue weighted by Gasteiger charge is 2.18. The Hall–Kier alpha value is -3.45. The molecule has 0 atom stereocenters. The highest BCUT2D eigenvalue weighted by Crippen LogP contribution is 2.26. The fraction of sp³-hybridized carbons (Fsp3) is 0.320. The van der Waals surface area contributed by atoms with E-state index in [-0.39, 0.29) is 11.8 Å². The number of methoxy groups -OCH3 is 1. The van der Waals surface area contributed by atoms with Crippen LogP contribution in [-0.4, -0.2) is 72.8 Å². The summed E-state index contributed by atoms with van der Waals surface area (Å²) in [5.41, 5.74) is 5.51. The molecule has 0 aliphatic rings. The largest absolute Gasteiger partial charge is 0.383 e. The number of hydrogen-bond acceptors (Lipinski definition) is 4. The summed E-state index contributed by atoms with van der Waals surface area (Å²) in [7, 11) is 6.76. The number of benzene rings is 2. The molecule has 0 radical (unpaired) electrons. The van der Waals surface area contributed by atoms with Crippen LogP contribution in [0.15, 0.2) is 48.5 Å². The summed E-state index contributed by atoms with van der Waals surface area (Å²) < 4.78 is 6.82. The number of ether oxygens (including phenoxy) is 1. The second kappa shape index (κ2) is 9.78. The number of aryl methyl sites for hydroxylation is 2. The van der Waals surface area contributed by atoms with Crippen molar-refractivity contribution in [2.45, 2.75) is 13.8 Å². The maximum Gasteiger partial charge on any atom is 0.273 e. The molecule has 0 fully saturated rings. The zero-order chi connectivity index (χ0) is 23.4. The van der Waals surface area contributed by atoms with Crippen molar-refractivity contribution in [2.24, 2.45) is 0 Å². The quantitative estimate of drug-likeness (QED) is 0.570. The maximum atomic E-state index is 13.1. The second-order valence-corrected chi connectivity index (χ2v) is 8.14. The maximum absolute atomic E-state index is 13.1. The Balaban J connectivity index is 2.11. The third-order valence-corrected chi connectivity index (χ3v) is 5.28. The molecule has 0 N–H and O–H groups in total. The molecule has 0 saturated carbocycles. The van der Waals surface area contributed by atoms with Crippen LogP contribution in [0.25, 0.3) is 16.8 Å². The van der Waals surface area contributed by atoms with E-state index >= 15 is 0 Å². The Morgan fingerprint density at radius 2 is 1.62 bits per heavy atom. The average Bonchev–Trinajstić information content (AvgIpc) is 3.17. The van der Waals surface area contributed by atoms with E-state index in [2.05, 4.69) is 5.10 Å². The van der Waals surface area contributed by atoms with Gasteiger partial charge >= 0.3 is 0 Å². The number of nitrogens with zero attached hydrogens (tertiary/aromatic N) is 4. The summed E-state index contributed by atoms with van der Waals surface area (Å²) in [6.45, 7) is 4.88. The minimum atomic E-state index is -0.169. The summed E-state index contributed by atoms with van der Waals surface area (Å²) in [4.78, 5) is 28.7. The number of rotatable bonds is 7. The van der Waals surface area contributed by atoms with E-state index < -0.39 is 0 Å². The smallest absolute Gasteiger partial charge is 0.273 e. The highest BCUT2D eigenvalue weighted by atomic mass is 16.5. The number of carbonyl (C=O) groups is 2. The number of aromatic nitrogens is 2. The standard InChI is InChI=1S/C25H30N4O3/c1-17-7-9-19(10-8-17)20-14-21(24(30)28(5)11-12-32-6)16-22(15-20)29-18(2)13-23(26-29)25(31)27(3)4/h7-10,13-16H,11-12H2,1-6H3. The van der Waals surface area contributed by atoms with E-state index in [1.54, 1.807) is 43.9 Å². The Morgan fingerprint density at radius 3 is 2.25 bits per heavy atom. The van der Waals surface area contributed by atoms with E-state index in [9.17, 15) is 9.59 Å². The van der Waals surface area contributed by atoms with Crippen LogP contribution in [0.1, 0.15) is 32.1 Å². The van der Waals surface area contributed by atoms with Gasteiger partial charge < -0.3 is 14.5 Å². The van der Waals surface area contributed by atoms with Gasteiger partial charge in [-0.15, -0.1) is 0 Å². The van der Waals surface area contributed by atoms with Gasteiger partial charge in [0.25, 0.3) is 11.8 Å². The van der Waals surface area contributed by atoms with Gasteiger partial charge in [-0.05, 0) is 49.2 Å². The van der Waals surface area contributed by atoms with Crippen LogP contribution in [0, 0.1) is 13.8 Å². The molecule has 0 bridgehead atoms. The Bertz CT molecular complexity index is 1120. The Morgan fingerprint density at radius 1 is 0.938 bits per heavy atom. The van der Waals surface area contributed by atoms with Crippen molar-refractivity contribution in [3.05, 3.63) is 71.0 Å². The molecule has 0 aliphatic carbocycles. The first-order valence-corrected chi connectivity index (χ1v) is 10.5. The minimum absolute atomic E-state index is 0.105. The van der Waals surface area contributed by atoms with Crippen LogP contribution >= 0.6 is 0 Å². The molecule has 3 rings (SSSR count). The van der Waals surface area contributed by atoms with Gasteiger partial charge in [-0.25, -0.2) is 4.68 Å². The first kappa shape index (κ1) is 23.2. The summed E-state index contributed by atoms with van der Waals surface area (Å²) in [5.74, 6) is -0.274. The van der Waals surface area contributed by atoms with Crippen molar-refractivity contribution in [3.63, 3.8) is 0 Å². The molecule has 0 aliphatic heterocycles. The highest BCUT2D eigenvalue weighted by molar-refractivity contribution is 5.96. The van der Waals surface area contributed by atoms with Gasteiger partial charge in [-0.1, -0.05) is 29.8 Å². The molecule has 0 spiro atoms. The third-order valence-electron chi connectivity index (χ3n) is 5.28. The average molecular weight is 435 g/mol. The third kappa shape index (κ3) is 5.06. The van der Waals surface area contributed by atoms with Crippen molar-refractivity contribution in [3.8, 4) is 16.8 Å². The zero-order valence-electron chi connectivity index (χ0n) is 19.5. The number of hydrogen-bond donors (Lipinski definition) is 0.